The van der Waals surface area contributed by atoms with E-state index >= 15 is 0 Å². The summed E-state index contributed by atoms with van der Waals surface area (Å²) >= 11 is 0. The highest BCUT2D eigenvalue weighted by molar-refractivity contribution is 5.76. The SMILES string of the molecule is CCN(CC)C1CCN(C(=O)CC(O)c2nccn2C)CC1. The van der Waals surface area contributed by atoms with E-state index in [-0.39, 0.29) is 12.3 Å². The third-order valence-electron chi connectivity index (χ3n) is 4.67. The maximum absolute atomic E-state index is 12.3. The van der Waals surface area contributed by atoms with Crippen molar-refractivity contribution in [3.05, 3.63) is 18.2 Å². The van der Waals surface area contributed by atoms with Gasteiger partial charge in [-0.2, -0.15) is 0 Å². The van der Waals surface area contributed by atoms with Gasteiger partial charge < -0.3 is 19.5 Å². The lowest BCUT2D eigenvalue weighted by Gasteiger charge is -2.38. The van der Waals surface area contributed by atoms with E-state index in [1.54, 1.807) is 17.0 Å². The van der Waals surface area contributed by atoms with Crippen LogP contribution in [0.4, 0.5) is 0 Å². The number of imidazole rings is 1. The Morgan fingerprint density at radius 2 is 2.05 bits per heavy atom. The highest BCUT2D eigenvalue weighted by Crippen LogP contribution is 2.20. The van der Waals surface area contributed by atoms with Crippen molar-refractivity contribution < 1.29 is 9.90 Å². The number of aliphatic hydroxyl groups is 1. The molecule has 0 bridgehead atoms. The third kappa shape index (κ3) is 3.87. The minimum absolute atomic E-state index is 0.0218. The molecule has 0 aliphatic carbocycles. The second-order valence-corrected chi connectivity index (χ2v) is 5.95. The minimum atomic E-state index is -0.826. The molecule has 124 valence electrons. The highest BCUT2D eigenvalue weighted by Gasteiger charge is 2.27. The second kappa shape index (κ2) is 7.74. The molecule has 1 fully saturated rings. The van der Waals surface area contributed by atoms with Crippen LogP contribution in [0.5, 0.6) is 0 Å². The van der Waals surface area contributed by atoms with Crippen LogP contribution >= 0.6 is 0 Å². The second-order valence-electron chi connectivity index (χ2n) is 5.95. The van der Waals surface area contributed by atoms with Crippen LogP contribution in [-0.4, -0.2) is 62.6 Å². The quantitative estimate of drug-likeness (QED) is 0.857. The zero-order valence-electron chi connectivity index (χ0n) is 13.9. The molecule has 2 rings (SSSR count). The van der Waals surface area contributed by atoms with E-state index in [9.17, 15) is 9.90 Å². The van der Waals surface area contributed by atoms with Crippen molar-refractivity contribution in [2.24, 2.45) is 7.05 Å². The third-order valence-corrected chi connectivity index (χ3v) is 4.67. The Hall–Kier alpha value is -1.40. The van der Waals surface area contributed by atoms with Gasteiger partial charge in [-0.25, -0.2) is 4.98 Å². The van der Waals surface area contributed by atoms with Gasteiger partial charge in [-0.1, -0.05) is 13.8 Å². The zero-order valence-corrected chi connectivity index (χ0v) is 13.9. The number of hydrogen-bond donors (Lipinski definition) is 1. The van der Waals surface area contributed by atoms with Crippen LogP contribution in [0.25, 0.3) is 0 Å². The lowest BCUT2D eigenvalue weighted by Crippen LogP contribution is -2.46. The molecule has 1 unspecified atom stereocenters. The molecule has 1 aliphatic heterocycles. The fourth-order valence-corrected chi connectivity index (χ4v) is 3.30. The number of hydrogen-bond acceptors (Lipinski definition) is 4. The lowest BCUT2D eigenvalue weighted by molar-refractivity contribution is -0.135. The first-order chi connectivity index (χ1) is 10.6. The first kappa shape index (κ1) is 17.0. The number of aliphatic hydroxyl groups excluding tert-OH is 1. The van der Waals surface area contributed by atoms with Gasteiger partial charge in [0.1, 0.15) is 11.9 Å². The van der Waals surface area contributed by atoms with Gasteiger partial charge in [0.15, 0.2) is 0 Å². The number of piperidine rings is 1. The van der Waals surface area contributed by atoms with Gasteiger partial charge in [0.05, 0.1) is 6.42 Å². The first-order valence-corrected chi connectivity index (χ1v) is 8.23. The van der Waals surface area contributed by atoms with Gasteiger partial charge in [-0.15, -0.1) is 0 Å². The molecule has 0 saturated carbocycles. The van der Waals surface area contributed by atoms with Crippen LogP contribution in [-0.2, 0) is 11.8 Å². The van der Waals surface area contributed by atoms with Crippen molar-refractivity contribution in [1.82, 2.24) is 19.4 Å². The van der Waals surface area contributed by atoms with Crippen LogP contribution in [0.2, 0.25) is 0 Å². The zero-order chi connectivity index (χ0) is 16.1. The molecular weight excluding hydrogens is 280 g/mol. The largest absolute Gasteiger partial charge is 0.385 e. The average molecular weight is 308 g/mol. The molecule has 1 atom stereocenters. The highest BCUT2D eigenvalue weighted by atomic mass is 16.3. The Bertz CT molecular complexity index is 476. The predicted molar refractivity (Wildman–Crippen MR) is 85.3 cm³/mol. The van der Waals surface area contributed by atoms with Gasteiger partial charge in [0.25, 0.3) is 0 Å². The number of carbonyl (C=O) groups excluding carboxylic acids is 1. The topological polar surface area (TPSA) is 61.6 Å². The molecule has 0 radical (unpaired) electrons. The standard InChI is InChI=1S/C16H28N4O2/c1-4-19(5-2)13-6-9-20(10-7-13)15(22)12-14(21)16-17-8-11-18(16)3/h8,11,13-14,21H,4-7,9-10,12H2,1-3H3. The molecule has 1 saturated heterocycles. The molecule has 0 aromatic carbocycles. The molecule has 1 aromatic rings. The summed E-state index contributed by atoms with van der Waals surface area (Å²) in [6, 6.07) is 0.582. The Morgan fingerprint density at radius 3 is 2.55 bits per heavy atom. The number of likely N-dealkylation sites (tertiary alicyclic amines) is 1. The number of aryl methyl sites for hydroxylation is 1. The van der Waals surface area contributed by atoms with E-state index in [2.05, 4.69) is 23.7 Å². The van der Waals surface area contributed by atoms with E-state index in [1.807, 2.05) is 11.9 Å². The lowest BCUT2D eigenvalue weighted by atomic mass is 10.0. The Balaban J connectivity index is 1.84. The number of aromatic nitrogens is 2. The monoisotopic (exact) mass is 308 g/mol. The smallest absolute Gasteiger partial charge is 0.225 e. The summed E-state index contributed by atoms with van der Waals surface area (Å²) in [5, 5.41) is 10.2. The predicted octanol–water partition coefficient (Wildman–Crippen LogP) is 1.18. The van der Waals surface area contributed by atoms with E-state index in [0.29, 0.717) is 11.9 Å². The van der Waals surface area contributed by atoms with Gasteiger partial charge in [-0.05, 0) is 25.9 Å². The molecule has 1 N–H and O–H groups in total. The van der Waals surface area contributed by atoms with Gasteiger partial charge in [-0.3, -0.25) is 4.79 Å². The molecule has 2 heterocycles. The fourth-order valence-electron chi connectivity index (χ4n) is 3.30. The normalized spacial score (nSPS) is 18.0. The molecular formula is C16H28N4O2. The van der Waals surface area contributed by atoms with Crippen molar-refractivity contribution in [3.8, 4) is 0 Å². The van der Waals surface area contributed by atoms with Crippen molar-refractivity contribution in [2.75, 3.05) is 26.2 Å². The van der Waals surface area contributed by atoms with Crippen molar-refractivity contribution >= 4 is 5.91 Å². The summed E-state index contributed by atoms with van der Waals surface area (Å²) in [4.78, 5) is 20.8. The van der Waals surface area contributed by atoms with Crippen molar-refractivity contribution in [2.45, 2.75) is 45.3 Å². The Labute approximate surface area is 132 Å². The number of rotatable bonds is 6. The molecule has 6 nitrogen and oxygen atoms in total. The first-order valence-electron chi connectivity index (χ1n) is 8.23. The van der Waals surface area contributed by atoms with Crippen molar-refractivity contribution in [3.63, 3.8) is 0 Å². The Kier molecular flexibility index (Phi) is 5.97. The fraction of sp³-hybridized carbons (Fsp3) is 0.750. The van der Waals surface area contributed by atoms with E-state index in [4.69, 9.17) is 0 Å². The maximum Gasteiger partial charge on any atom is 0.225 e. The summed E-state index contributed by atoms with van der Waals surface area (Å²) in [5.41, 5.74) is 0. The van der Waals surface area contributed by atoms with E-state index in [0.717, 1.165) is 39.0 Å². The van der Waals surface area contributed by atoms with Gasteiger partial charge in [0.2, 0.25) is 5.91 Å². The molecule has 1 amide bonds. The van der Waals surface area contributed by atoms with Crippen molar-refractivity contribution in [1.29, 1.82) is 0 Å². The van der Waals surface area contributed by atoms with Crippen LogP contribution < -0.4 is 0 Å². The van der Waals surface area contributed by atoms with E-state index in [1.165, 1.54) is 0 Å². The maximum atomic E-state index is 12.3. The van der Waals surface area contributed by atoms with Crippen LogP contribution in [0.3, 0.4) is 0 Å². The van der Waals surface area contributed by atoms with Crippen LogP contribution in [0.1, 0.15) is 45.0 Å². The molecule has 1 aromatic heterocycles. The molecule has 1 aliphatic rings. The Morgan fingerprint density at radius 1 is 1.41 bits per heavy atom. The number of nitrogens with zero attached hydrogens (tertiary/aromatic N) is 4. The van der Waals surface area contributed by atoms with Gasteiger partial charge in [0, 0.05) is 38.6 Å². The number of amides is 1. The number of carbonyl (C=O) groups is 1. The van der Waals surface area contributed by atoms with Crippen LogP contribution in [0, 0.1) is 0 Å². The van der Waals surface area contributed by atoms with E-state index < -0.39 is 6.10 Å². The van der Waals surface area contributed by atoms with Crippen LogP contribution in [0.15, 0.2) is 12.4 Å². The summed E-state index contributed by atoms with van der Waals surface area (Å²) < 4.78 is 1.75. The molecule has 6 heteroatoms. The minimum Gasteiger partial charge on any atom is -0.385 e. The summed E-state index contributed by atoms with van der Waals surface area (Å²) in [5.74, 6) is 0.569. The summed E-state index contributed by atoms with van der Waals surface area (Å²) in [6.07, 6.45) is 4.74. The van der Waals surface area contributed by atoms with Gasteiger partial charge >= 0.3 is 0 Å². The summed E-state index contributed by atoms with van der Waals surface area (Å²) in [6.45, 7) is 8.06. The average Bonchev–Trinajstić information content (AvgIpc) is 2.95. The summed E-state index contributed by atoms with van der Waals surface area (Å²) in [7, 11) is 1.83. The molecule has 0 spiro atoms. The molecule has 22 heavy (non-hydrogen) atoms.